The lowest BCUT2D eigenvalue weighted by molar-refractivity contribution is 0.102. The number of benzene rings is 2. The Balaban J connectivity index is 0.00000323. The molecule has 0 radical (unpaired) electrons. The van der Waals surface area contributed by atoms with Crippen molar-refractivity contribution >= 4 is 45.5 Å². The molecule has 1 saturated heterocycles. The SMILES string of the molecule is COc1cccc(F)c1-c1nc(C(=O)Nc2cc(F)ccc2N2CC3C(C2)C3NS(N)(=O)=O)cn2ccnc12.Cl. The Morgan fingerprint density at radius 1 is 1.18 bits per heavy atom. The fourth-order valence-electron chi connectivity index (χ4n) is 5.27. The Hall–Kier alpha value is -3.85. The number of rotatable bonds is 7. The largest absolute Gasteiger partial charge is 0.496 e. The molecule has 11 nitrogen and oxygen atoms in total. The maximum Gasteiger partial charge on any atom is 0.275 e. The molecule has 0 spiro atoms. The Morgan fingerprint density at radius 3 is 2.62 bits per heavy atom. The molecule has 4 aromatic rings. The number of carbonyl (C=O) groups is 1. The molecule has 2 fully saturated rings. The van der Waals surface area contributed by atoms with Crippen LogP contribution >= 0.6 is 12.4 Å². The molecule has 6 rings (SSSR count). The topological polar surface area (TPSA) is 144 Å². The second-order valence-electron chi connectivity index (χ2n) is 9.49. The molecule has 1 amide bonds. The number of ether oxygens (including phenoxy) is 1. The van der Waals surface area contributed by atoms with E-state index in [0.717, 1.165) is 0 Å². The van der Waals surface area contributed by atoms with Gasteiger partial charge in [-0.3, -0.25) is 4.79 Å². The summed E-state index contributed by atoms with van der Waals surface area (Å²) >= 11 is 0. The van der Waals surface area contributed by atoms with E-state index in [4.69, 9.17) is 9.88 Å². The molecule has 3 heterocycles. The van der Waals surface area contributed by atoms with Gasteiger partial charge in [0.15, 0.2) is 5.65 Å². The molecule has 2 aromatic heterocycles. The molecule has 1 saturated carbocycles. The Labute approximate surface area is 234 Å². The lowest BCUT2D eigenvalue weighted by atomic mass is 10.1. The third-order valence-corrected chi connectivity index (χ3v) is 7.68. The van der Waals surface area contributed by atoms with Gasteiger partial charge in [0.2, 0.25) is 0 Å². The number of piperidine rings is 1. The standard InChI is InChI=1S/C25H23F2N7O4S.ClH/c1-38-20-4-2-3-16(27)21(20)23-24-29-7-8-33(24)12-18(30-23)25(35)31-17-9-13(26)5-6-19(17)34-10-14-15(11-34)22(14)32-39(28,36)37;/h2-9,12,14-15,22,32H,10-11H2,1H3,(H,31,35)(H2,28,36,37);1H. The van der Waals surface area contributed by atoms with Crippen LogP contribution in [0.15, 0.2) is 55.0 Å². The van der Waals surface area contributed by atoms with Crippen molar-refractivity contribution in [2.75, 3.05) is 30.4 Å². The van der Waals surface area contributed by atoms with E-state index < -0.39 is 27.8 Å². The van der Waals surface area contributed by atoms with Gasteiger partial charge in [-0.05, 0) is 42.2 Å². The second kappa shape index (κ2) is 10.3. The predicted octanol–water partition coefficient (Wildman–Crippen LogP) is 2.58. The molecule has 2 aliphatic rings. The van der Waals surface area contributed by atoms with Crippen LogP contribution < -0.4 is 24.8 Å². The van der Waals surface area contributed by atoms with Crippen LogP contribution in [0.4, 0.5) is 20.2 Å². The summed E-state index contributed by atoms with van der Waals surface area (Å²) in [6.45, 7) is 1.01. The van der Waals surface area contributed by atoms with E-state index in [9.17, 15) is 22.0 Å². The highest BCUT2D eigenvalue weighted by Gasteiger charge is 2.57. The molecule has 2 unspecified atom stereocenters. The quantitative estimate of drug-likeness (QED) is 0.300. The van der Waals surface area contributed by atoms with Gasteiger partial charge in [-0.1, -0.05) is 6.07 Å². The third-order valence-electron chi connectivity index (χ3n) is 7.08. The molecule has 1 aliphatic heterocycles. The van der Waals surface area contributed by atoms with Crippen molar-refractivity contribution in [1.82, 2.24) is 19.1 Å². The summed E-state index contributed by atoms with van der Waals surface area (Å²) in [6, 6.07) is 8.14. The van der Waals surface area contributed by atoms with Gasteiger partial charge in [0, 0.05) is 37.7 Å². The smallest absolute Gasteiger partial charge is 0.275 e. The van der Waals surface area contributed by atoms with Gasteiger partial charge in [0.25, 0.3) is 16.1 Å². The van der Waals surface area contributed by atoms with Crippen LogP contribution in [0.25, 0.3) is 16.9 Å². The number of anilines is 2. The summed E-state index contributed by atoms with van der Waals surface area (Å²) in [5.74, 6) is -1.46. The molecular weight excluding hydrogens is 568 g/mol. The van der Waals surface area contributed by atoms with Crippen molar-refractivity contribution in [1.29, 1.82) is 0 Å². The first-order chi connectivity index (χ1) is 18.6. The normalized spacial score (nSPS) is 19.7. The number of nitrogens with zero attached hydrogens (tertiary/aromatic N) is 4. The summed E-state index contributed by atoms with van der Waals surface area (Å²) in [6.07, 6.45) is 4.54. The number of nitrogens with two attached hydrogens (primary N) is 1. The van der Waals surface area contributed by atoms with E-state index in [2.05, 4.69) is 20.0 Å². The minimum atomic E-state index is -3.81. The zero-order valence-electron chi connectivity index (χ0n) is 20.9. The van der Waals surface area contributed by atoms with Crippen LogP contribution in [0, 0.1) is 23.5 Å². The number of aromatic nitrogens is 3. The van der Waals surface area contributed by atoms with Crippen LogP contribution in [0.1, 0.15) is 10.5 Å². The summed E-state index contributed by atoms with van der Waals surface area (Å²) in [7, 11) is -2.41. The zero-order chi connectivity index (χ0) is 27.5. The summed E-state index contributed by atoms with van der Waals surface area (Å²) in [5.41, 5.74) is 1.21. The van der Waals surface area contributed by atoms with Crippen LogP contribution in [0.2, 0.25) is 0 Å². The number of nitrogens with one attached hydrogen (secondary N) is 2. The van der Waals surface area contributed by atoms with Gasteiger partial charge in [-0.25, -0.2) is 23.9 Å². The van der Waals surface area contributed by atoms with Gasteiger partial charge < -0.3 is 19.4 Å². The highest BCUT2D eigenvalue weighted by atomic mass is 35.5. The van der Waals surface area contributed by atoms with Gasteiger partial charge in [0.1, 0.15) is 28.8 Å². The molecule has 1 aliphatic carbocycles. The van der Waals surface area contributed by atoms with E-state index in [1.807, 2.05) is 4.90 Å². The number of amides is 1. The minimum Gasteiger partial charge on any atom is -0.496 e. The fraction of sp³-hybridized carbons (Fsp3) is 0.240. The molecule has 4 N–H and O–H groups in total. The first-order valence-corrected chi connectivity index (χ1v) is 13.5. The Kier molecular flexibility index (Phi) is 7.12. The number of fused-ring (bicyclic) bond motifs is 2. The van der Waals surface area contributed by atoms with E-state index in [-0.39, 0.29) is 58.7 Å². The van der Waals surface area contributed by atoms with Crippen LogP contribution in [0.5, 0.6) is 5.75 Å². The lowest BCUT2D eigenvalue weighted by Gasteiger charge is -2.25. The van der Waals surface area contributed by atoms with Crippen molar-refractivity contribution in [3.8, 4) is 17.0 Å². The van der Waals surface area contributed by atoms with Crippen molar-refractivity contribution in [2.24, 2.45) is 17.0 Å². The van der Waals surface area contributed by atoms with Crippen LogP contribution in [-0.2, 0) is 10.2 Å². The van der Waals surface area contributed by atoms with E-state index in [1.54, 1.807) is 22.7 Å². The first kappa shape index (κ1) is 27.7. The first-order valence-electron chi connectivity index (χ1n) is 12.0. The van der Waals surface area contributed by atoms with Crippen molar-refractivity contribution < 1.29 is 26.7 Å². The number of hydrogen-bond acceptors (Lipinski definition) is 7. The molecular formula is C25H24ClF2N7O4S. The Morgan fingerprint density at radius 2 is 1.93 bits per heavy atom. The number of hydrogen-bond donors (Lipinski definition) is 3. The maximum absolute atomic E-state index is 14.9. The average Bonchev–Trinajstić information content (AvgIpc) is 3.24. The Bertz CT molecular complexity index is 1720. The predicted molar refractivity (Wildman–Crippen MR) is 146 cm³/mol. The molecule has 15 heteroatoms. The van der Waals surface area contributed by atoms with E-state index in [0.29, 0.717) is 24.4 Å². The monoisotopic (exact) mass is 591 g/mol. The van der Waals surface area contributed by atoms with Gasteiger partial charge in [0.05, 0.1) is 24.0 Å². The molecule has 0 bridgehead atoms. The van der Waals surface area contributed by atoms with Gasteiger partial charge in [-0.2, -0.15) is 13.1 Å². The molecule has 210 valence electrons. The number of imidazole rings is 1. The summed E-state index contributed by atoms with van der Waals surface area (Å²) < 4.78 is 61.2. The molecule has 2 atom stereocenters. The summed E-state index contributed by atoms with van der Waals surface area (Å²) in [4.78, 5) is 24.0. The zero-order valence-corrected chi connectivity index (χ0v) is 22.5. The number of methoxy groups -OCH3 is 1. The number of halogens is 3. The lowest BCUT2D eigenvalue weighted by Crippen LogP contribution is -2.38. The maximum atomic E-state index is 14.9. The van der Waals surface area contributed by atoms with Crippen LogP contribution in [0.3, 0.4) is 0 Å². The highest BCUT2D eigenvalue weighted by Crippen LogP contribution is 2.48. The van der Waals surface area contributed by atoms with Gasteiger partial charge in [-0.15, -0.1) is 12.4 Å². The van der Waals surface area contributed by atoms with E-state index >= 15 is 0 Å². The fourth-order valence-corrected chi connectivity index (χ4v) is 6.00. The second-order valence-corrected chi connectivity index (χ2v) is 10.8. The third kappa shape index (κ3) is 5.06. The van der Waals surface area contributed by atoms with Crippen molar-refractivity contribution in [2.45, 2.75) is 6.04 Å². The van der Waals surface area contributed by atoms with Crippen molar-refractivity contribution in [3.63, 3.8) is 0 Å². The van der Waals surface area contributed by atoms with Crippen LogP contribution in [-0.4, -0.2) is 54.9 Å². The van der Waals surface area contributed by atoms with E-state index in [1.165, 1.54) is 43.8 Å². The van der Waals surface area contributed by atoms with Crippen molar-refractivity contribution in [3.05, 3.63) is 72.3 Å². The average molecular weight is 592 g/mol. The van der Waals surface area contributed by atoms with Gasteiger partial charge >= 0.3 is 0 Å². The summed E-state index contributed by atoms with van der Waals surface area (Å²) in [5, 5.41) is 7.82. The minimum absolute atomic E-state index is 0. The number of carbonyl (C=O) groups excluding carboxylic acids is 1. The highest BCUT2D eigenvalue weighted by molar-refractivity contribution is 7.87. The molecule has 2 aromatic carbocycles. The molecule has 40 heavy (non-hydrogen) atoms.